The minimum absolute atomic E-state index is 0.0306. The summed E-state index contributed by atoms with van der Waals surface area (Å²) in [4.78, 5) is 0. The number of amidine groups is 1. The highest BCUT2D eigenvalue weighted by molar-refractivity contribution is 9.10. The van der Waals surface area contributed by atoms with Crippen molar-refractivity contribution in [1.29, 1.82) is 5.41 Å². The van der Waals surface area contributed by atoms with Crippen molar-refractivity contribution < 1.29 is 4.39 Å². The molecule has 0 aliphatic rings. The van der Waals surface area contributed by atoms with Gasteiger partial charge in [-0.3, -0.25) is 5.41 Å². The van der Waals surface area contributed by atoms with Gasteiger partial charge in [0.05, 0.1) is 10.3 Å². The monoisotopic (exact) mass is 244 g/mol. The van der Waals surface area contributed by atoms with E-state index in [0.717, 1.165) is 0 Å². The number of hydrogen-bond acceptors (Lipinski definition) is 1. The maximum atomic E-state index is 13.4. The zero-order chi connectivity index (χ0) is 10.0. The van der Waals surface area contributed by atoms with Crippen LogP contribution in [0.4, 0.5) is 4.39 Å². The molecular formula is C9H10BrFN2. The van der Waals surface area contributed by atoms with Crippen LogP contribution in [0.2, 0.25) is 0 Å². The van der Waals surface area contributed by atoms with E-state index in [0.29, 0.717) is 10.0 Å². The summed E-state index contributed by atoms with van der Waals surface area (Å²) in [5.41, 5.74) is 5.73. The van der Waals surface area contributed by atoms with Crippen LogP contribution in [0.3, 0.4) is 0 Å². The van der Waals surface area contributed by atoms with Crippen molar-refractivity contribution in [3.63, 3.8) is 0 Å². The topological polar surface area (TPSA) is 49.9 Å². The fraction of sp³-hybridized carbons (Fsp3) is 0.222. The second kappa shape index (κ2) is 3.87. The Morgan fingerprint density at radius 3 is 2.77 bits per heavy atom. The van der Waals surface area contributed by atoms with Crippen LogP contribution in [0.15, 0.2) is 22.7 Å². The molecule has 1 aromatic rings. The van der Waals surface area contributed by atoms with Gasteiger partial charge in [0.2, 0.25) is 0 Å². The molecule has 2 nitrogen and oxygen atoms in total. The molecule has 0 amide bonds. The zero-order valence-electron chi connectivity index (χ0n) is 7.14. The molecule has 1 aromatic carbocycles. The Balaban J connectivity index is 3.15. The summed E-state index contributed by atoms with van der Waals surface area (Å²) >= 11 is 3.08. The number of hydrogen-bond donors (Lipinski definition) is 2. The van der Waals surface area contributed by atoms with E-state index in [1.165, 1.54) is 0 Å². The van der Waals surface area contributed by atoms with Gasteiger partial charge in [-0.1, -0.05) is 19.1 Å². The Labute approximate surface area is 84.6 Å². The highest BCUT2D eigenvalue weighted by Crippen LogP contribution is 2.24. The van der Waals surface area contributed by atoms with E-state index in [9.17, 15) is 4.39 Å². The standard InChI is InChI=1S/C9H10BrFN2/c1-5(9(12)13)6-3-2-4-7(10)8(6)11/h2-5H,1H3,(H3,12,13). The summed E-state index contributed by atoms with van der Waals surface area (Å²) in [5.74, 6) is -0.750. The Morgan fingerprint density at radius 1 is 1.62 bits per heavy atom. The average molecular weight is 245 g/mol. The van der Waals surface area contributed by atoms with Crippen molar-refractivity contribution in [3.05, 3.63) is 34.1 Å². The summed E-state index contributed by atoms with van der Waals surface area (Å²) < 4.78 is 13.8. The van der Waals surface area contributed by atoms with Crippen LogP contribution >= 0.6 is 15.9 Å². The van der Waals surface area contributed by atoms with E-state index in [2.05, 4.69) is 15.9 Å². The van der Waals surface area contributed by atoms with Gasteiger partial charge >= 0.3 is 0 Å². The summed E-state index contributed by atoms with van der Waals surface area (Å²) in [5, 5.41) is 7.20. The molecule has 4 heteroatoms. The smallest absolute Gasteiger partial charge is 0.141 e. The number of benzene rings is 1. The maximum absolute atomic E-state index is 13.4. The third kappa shape index (κ3) is 2.06. The molecule has 0 fully saturated rings. The van der Waals surface area contributed by atoms with Crippen LogP contribution in [-0.4, -0.2) is 5.84 Å². The number of rotatable bonds is 2. The van der Waals surface area contributed by atoms with E-state index < -0.39 is 0 Å². The summed E-state index contributed by atoms with van der Waals surface area (Å²) in [6, 6.07) is 4.97. The van der Waals surface area contributed by atoms with Crippen LogP contribution in [0, 0.1) is 11.2 Å². The molecular weight excluding hydrogens is 235 g/mol. The molecule has 0 saturated heterocycles. The van der Waals surface area contributed by atoms with Crippen molar-refractivity contribution in [2.45, 2.75) is 12.8 Å². The zero-order valence-corrected chi connectivity index (χ0v) is 8.73. The summed E-state index contributed by atoms with van der Waals surface area (Å²) in [6.07, 6.45) is 0. The highest BCUT2D eigenvalue weighted by atomic mass is 79.9. The van der Waals surface area contributed by atoms with Crippen molar-refractivity contribution >= 4 is 21.8 Å². The van der Waals surface area contributed by atoms with Crippen LogP contribution in [-0.2, 0) is 0 Å². The SMILES string of the molecule is CC(C(=N)N)c1cccc(Br)c1F. The molecule has 3 N–H and O–H groups in total. The second-order valence-electron chi connectivity index (χ2n) is 2.82. The predicted molar refractivity (Wildman–Crippen MR) is 54.4 cm³/mol. The molecule has 1 rings (SSSR count). The van der Waals surface area contributed by atoms with Gasteiger partial charge in [-0.2, -0.15) is 0 Å². The van der Waals surface area contributed by atoms with E-state index in [1.807, 2.05) is 0 Å². The van der Waals surface area contributed by atoms with E-state index in [1.54, 1.807) is 25.1 Å². The lowest BCUT2D eigenvalue weighted by molar-refractivity contribution is 0.601. The third-order valence-electron chi connectivity index (χ3n) is 1.91. The van der Waals surface area contributed by atoms with Gasteiger partial charge in [0.25, 0.3) is 0 Å². The van der Waals surface area contributed by atoms with Crippen LogP contribution in [0.5, 0.6) is 0 Å². The minimum Gasteiger partial charge on any atom is -0.387 e. The maximum Gasteiger partial charge on any atom is 0.141 e. The highest BCUT2D eigenvalue weighted by Gasteiger charge is 2.14. The van der Waals surface area contributed by atoms with Gasteiger partial charge in [0.15, 0.2) is 0 Å². The molecule has 0 radical (unpaired) electrons. The largest absolute Gasteiger partial charge is 0.387 e. The van der Waals surface area contributed by atoms with Gasteiger partial charge in [-0.05, 0) is 27.6 Å². The molecule has 0 spiro atoms. The molecule has 1 unspecified atom stereocenters. The summed E-state index contributed by atoms with van der Waals surface area (Å²) in [7, 11) is 0. The normalized spacial score (nSPS) is 12.5. The molecule has 0 aromatic heterocycles. The number of halogens is 2. The third-order valence-corrected chi connectivity index (χ3v) is 2.53. The summed E-state index contributed by atoms with van der Waals surface area (Å²) in [6.45, 7) is 1.70. The van der Waals surface area contributed by atoms with Crippen molar-refractivity contribution in [2.75, 3.05) is 0 Å². The van der Waals surface area contributed by atoms with Crippen molar-refractivity contribution in [3.8, 4) is 0 Å². The fourth-order valence-electron chi connectivity index (χ4n) is 1.02. The molecule has 0 aliphatic heterocycles. The number of nitrogens with one attached hydrogen (secondary N) is 1. The van der Waals surface area contributed by atoms with Gasteiger partial charge in [-0.15, -0.1) is 0 Å². The first-order valence-electron chi connectivity index (χ1n) is 3.82. The Bertz CT molecular complexity index is 338. The van der Waals surface area contributed by atoms with Gasteiger partial charge < -0.3 is 5.73 Å². The molecule has 1 atom stereocenters. The average Bonchev–Trinajstić information content (AvgIpc) is 2.08. The fourth-order valence-corrected chi connectivity index (χ4v) is 1.40. The van der Waals surface area contributed by atoms with Crippen LogP contribution < -0.4 is 5.73 Å². The Hall–Kier alpha value is -0.900. The van der Waals surface area contributed by atoms with Crippen molar-refractivity contribution in [1.82, 2.24) is 0 Å². The van der Waals surface area contributed by atoms with Crippen molar-refractivity contribution in [2.24, 2.45) is 5.73 Å². The molecule has 0 saturated carbocycles. The van der Waals surface area contributed by atoms with E-state index in [-0.39, 0.29) is 17.6 Å². The quantitative estimate of drug-likeness (QED) is 0.610. The van der Waals surface area contributed by atoms with Gasteiger partial charge in [0.1, 0.15) is 5.82 Å². The van der Waals surface area contributed by atoms with E-state index >= 15 is 0 Å². The molecule has 13 heavy (non-hydrogen) atoms. The lowest BCUT2D eigenvalue weighted by Crippen LogP contribution is -2.18. The van der Waals surface area contributed by atoms with Crippen LogP contribution in [0.1, 0.15) is 18.4 Å². The van der Waals surface area contributed by atoms with E-state index in [4.69, 9.17) is 11.1 Å². The lowest BCUT2D eigenvalue weighted by Gasteiger charge is -2.11. The van der Waals surface area contributed by atoms with Gasteiger partial charge in [-0.25, -0.2) is 4.39 Å². The predicted octanol–water partition coefficient (Wildman–Crippen LogP) is 2.63. The molecule has 0 bridgehead atoms. The first-order valence-corrected chi connectivity index (χ1v) is 4.61. The van der Waals surface area contributed by atoms with Gasteiger partial charge in [0, 0.05) is 5.92 Å². The first-order chi connectivity index (χ1) is 6.04. The Kier molecular flexibility index (Phi) is 3.03. The Morgan fingerprint density at radius 2 is 2.23 bits per heavy atom. The minimum atomic E-state index is -0.377. The first kappa shape index (κ1) is 10.2. The molecule has 0 heterocycles. The second-order valence-corrected chi connectivity index (χ2v) is 3.67. The number of nitrogens with two attached hydrogens (primary N) is 1. The molecule has 70 valence electrons. The molecule has 0 aliphatic carbocycles. The lowest BCUT2D eigenvalue weighted by atomic mass is 10.00. The van der Waals surface area contributed by atoms with Crippen LogP contribution in [0.25, 0.3) is 0 Å².